The lowest BCUT2D eigenvalue weighted by Crippen LogP contribution is -2.55. The number of likely N-dealkylation sites (N-methyl/N-ethyl adjacent to an activating group) is 1. The second-order valence-electron chi connectivity index (χ2n) is 11.1. The number of H-pyrrole nitrogens is 1. The molecule has 4 heterocycles. The van der Waals surface area contributed by atoms with Gasteiger partial charge in [-0.1, -0.05) is 17.4 Å². The molecule has 232 valence electrons. The predicted molar refractivity (Wildman–Crippen MR) is 162 cm³/mol. The number of nitrogens with zero attached hydrogens (tertiary/aromatic N) is 4. The number of aromatic nitrogens is 2. The molecule has 2 aromatic heterocycles. The molecule has 14 heteroatoms. The van der Waals surface area contributed by atoms with Crippen molar-refractivity contribution in [3.8, 4) is 0 Å². The number of benzene rings is 1. The highest BCUT2D eigenvalue weighted by Gasteiger charge is 2.36. The molecule has 9 nitrogen and oxygen atoms in total. The number of pyridine rings is 1. The largest absolute Gasteiger partial charge is 0.417 e. The van der Waals surface area contributed by atoms with Crippen molar-refractivity contribution in [1.29, 1.82) is 0 Å². The molecule has 43 heavy (non-hydrogen) atoms. The molecule has 0 radical (unpaired) electrons. The highest BCUT2D eigenvalue weighted by atomic mass is 32.1. The van der Waals surface area contributed by atoms with Gasteiger partial charge in [0.05, 0.1) is 23.1 Å². The summed E-state index contributed by atoms with van der Waals surface area (Å²) in [7, 11) is 2.01. The maximum absolute atomic E-state index is 15.9. The van der Waals surface area contributed by atoms with E-state index < -0.39 is 34.9 Å². The van der Waals surface area contributed by atoms with E-state index in [-0.39, 0.29) is 17.8 Å². The van der Waals surface area contributed by atoms with Gasteiger partial charge in [-0.3, -0.25) is 9.69 Å². The van der Waals surface area contributed by atoms with Crippen LogP contribution < -0.4 is 26.4 Å². The zero-order valence-corrected chi connectivity index (χ0v) is 24.9. The van der Waals surface area contributed by atoms with E-state index in [1.165, 1.54) is 17.4 Å². The Morgan fingerprint density at radius 3 is 2.53 bits per heavy atom. The Labute approximate surface area is 250 Å². The number of thiazole rings is 1. The van der Waals surface area contributed by atoms with Crippen LogP contribution in [0.4, 0.5) is 39.1 Å². The quantitative estimate of drug-likeness (QED) is 0.228. The van der Waals surface area contributed by atoms with Crippen molar-refractivity contribution in [2.75, 3.05) is 54.1 Å². The van der Waals surface area contributed by atoms with Gasteiger partial charge in [0.15, 0.2) is 11.4 Å². The van der Waals surface area contributed by atoms with E-state index in [1.54, 1.807) is 12.3 Å². The lowest BCUT2D eigenvalue weighted by Gasteiger charge is -2.44. The molecule has 0 amide bonds. The highest BCUT2D eigenvalue weighted by Crippen LogP contribution is 2.39. The van der Waals surface area contributed by atoms with Crippen LogP contribution in [0.3, 0.4) is 0 Å². The topological polar surface area (TPSA) is 114 Å². The maximum Gasteiger partial charge on any atom is 0.417 e. The van der Waals surface area contributed by atoms with Gasteiger partial charge in [-0.05, 0) is 51.4 Å². The van der Waals surface area contributed by atoms with Crippen LogP contribution in [0.5, 0.6) is 0 Å². The van der Waals surface area contributed by atoms with Gasteiger partial charge in [0.1, 0.15) is 10.8 Å². The van der Waals surface area contributed by atoms with Crippen LogP contribution in [-0.2, 0) is 6.18 Å². The summed E-state index contributed by atoms with van der Waals surface area (Å²) in [5.41, 5.74) is 4.87. The Morgan fingerprint density at radius 1 is 1.16 bits per heavy atom. The average molecular weight is 622 g/mol. The van der Waals surface area contributed by atoms with Gasteiger partial charge in [0, 0.05) is 61.7 Å². The Hall–Kier alpha value is -3.62. The number of piperazine rings is 1. The van der Waals surface area contributed by atoms with Crippen LogP contribution in [0.15, 0.2) is 41.5 Å². The molecule has 5 rings (SSSR count). The van der Waals surface area contributed by atoms with Crippen LogP contribution in [0.1, 0.15) is 49.6 Å². The molecule has 1 fully saturated rings. The third-order valence-corrected chi connectivity index (χ3v) is 9.09. The fourth-order valence-electron chi connectivity index (χ4n) is 5.69. The number of nitrogen functional groups attached to an aromatic ring is 1. The van der Waals surface area contributed by atoms with E-state index in [2.05, 4.69) is 25.1 Å². The van der Waals surface area contributed by atoms with Crippen LogP contribution in [0, 0.1) is 5.82 Å². The number of aromatic amines is 1. The summed E-state index contributed by atoms with van der Waals surface area (Å²) in [6, 6.07) is 3.60. The number of aliphatic hydroxyl groups is 1. The van der Waals surface area contributed by atoms with Crippen molar-refractivity contribution in [3.05, 3.63) is 69.5 Å². The molecule has 0 saturated carbocycles. The Kier molecular flexibility index (Phi) is 8.72. The molecular weight excluding hydrogens is 586 g/mol. The third-order valence-electron chi connectivity index (χ3n) is 8.20. The third kappa shape index (κ3) is 6.65. The molecular formula is C29H35F4N7O2S. The minimum atomic E-state index is -4.87. The van der Waals surface area contributed by atoms with E-state index in [0.717, 1.165) is 16.9 Å². The molecule has 0 aliphatic carbocycles. The number of alkyl halides is 3. The lowest BCUT2D eigenvalue weighted by atomic mass is 9.98. The van der Waals surface area contributed by atoms with Gasteiger partial charge in [-0.15, -0.1) is 0 Å². The molecule has 3 aromatic rings. The summed E-state index contributed by atoms with van der Waals surface area (Å²) in [5.74, 6) is -0.465. The Morgan fingerprint density at radius 2 is 1.88 bits per heavy atom. The van der Waals surface area contributed by atoms with Crippen molar-refractivity contribution < 1.29 is 22.7 Å². The molecule has 1 saturated heterocycles. The number of hydrogen-bond acceptors (Lipinski definition) is 9. The van der Waals surface area contributed by atoms with E-state index in [0.29, 0.717) is 61.3 Å². The summed E-state index contributed by atoms with van der Waals surface area (Å²) >= 11 is 1.38. The van der Waals surface area contributed by atoms with Gasteiger partial charge < -0.3 is 30.9 Å². The van der Waals surface area contributed by atoms with Crippen molar-refractivity contribution in [2.24, 2.45) is 0 Å². The first-order valence-electron chi connectivity index (χ1n) is 14.0. The van der Waals surface area contributed by atoms with Crippen molar-refractivity contribution in [2.45, 2.75) is 51.2 Å². The monoisotopic (exact) mass is 621 g/mol. The number of nitrogens with one attached hydrogen (secondary N) is 2. The number of hydrogen-bond donors (Lipinski definition) is 4. The minimum Gasteiger partial charge on any atom is -0.389 e. The first-order chi connectivity index (χ1) is 20.3. The zero-order valence-electron chi connectivity index (χ0n) is 24.1. The number of aliphatic hydroxyl groups excluding tert-OH is 1. The van der Waals surface area contributed by atoms with Gasteiger partial charge in [-0.2, -0.15) is 13.2 Å². The molecule has 0 bridgehead atoms. The van der Waals surface area contributed by atoms with E-state index in [9.17, 15) is 23.1 Å². The molecule has 2 aliphatic rings. The smallest absolute Gasteiger partial charge is 0.389 e. The Balaban J connectivity index is 1.51. The van der Waals surface area contributed by atoms with Crippen LogP contribution in [0.25, 0.3) is 5.57 Å². The number of rotatable bonds is 6. The Bertz CT molecular complexity index is 1540. The van der Waals surface area contributed by atoms with Gasteiger partial charge in [0.25, 0.3) is 0 Å². The summed E-state index contributed by atoms with van der Waals surface area (Å²) in [5, 5.41) is 15.3. The molecule has 2 unspecified atom stereocenters. The first kappa shape index (κ1) is 30.8. The summed E-state index contributed by atoms with van der Waals surface area (Å²) < 4.78 is 57.3. The minimum absolute atomic E-state index is 0.121. The molecule has 3 atom stereocenters. The summed E-state index contributed by atoms with van der Waals surface area (Å²) in [6.45, 7) is 6.43. The number of halogens is 4. The number of anilines is 4. The van der Waals surface area contributed by atoms with Crippen molar-refractivity contribution >= 4 is 38.4 Å². The SMILES string of the molecule is CC1CN(c2cc(F)c(C3=CCCN(c4ncc(N)s4)CC3)cc2NC(O)c2c[nH]c(=O)cc2C(F)(F)F)C[C@H](C)N1C. The molecule has 1 aromatic carbocycles. The summed E-state index contributed by atoms with van der Waals surface area (Å²) in [4.78, 5) is 24.5. The molecule has 0 spiro atoms. The second kappa shape index (κ2) is 12.2. The predicted octanol–water partition coefficient (Wildman–Crippen LogP) is 4.89. The normalized spacial score (nSPS) is 21.0. The molecule has 5 N–H and O–H groups in total. The van der Waals surface area contributed by atoms with Gasteiger partial charge in [0.2, 0.25) is 5.56 Å². The van der Waals surface area contributed by atoms with Crippen molar-refractivity contribution in [1.82, 2.24) is 14.9 Å². The maximum atomic E-state index is 15.9. The second-order valence-corrected chi connectivity index (χ2v) is 12.2. The number of nitrogens with two attached hydrogens (primary N) is 1. The standard InChI is InChI=1S/C29H35F4N7O2S/c1-16-14-40(15-17(2)38(16)3)24-11-22(30)19(18-5-4-7-39(8-6-18)28-36-13-25(34)43-28)9-23(24)37-27(42)20-12-35-26(41)10-21(20)29(31,32)33/h5,9-13,16-17,27,37,42H,4,6-8,14-15,34H2,1-3H3,(H,35,41)/t16-,17?,27?/m0/s1. The zero-order chi connectivity index (χ0) is 31.1. The van der Waals surface area contributed by atoms with Crippen molar-refractivity contribution in [3.63, 3.8) is 0 Å². The highest BCUT2D eigenvalue weighted by molar-refractivity contribution is 7.19. The van der Waals surface area contributed by atoms with Gasteiger partial charge in [-0.25, -0.2) is 9.37 Å². The lowest BCUT2D eigenvalue weighted by molar-refractivity contribution is -0.139. The van der Waals surface area contributed by atoms with Gasteiger partial charge >= 0.3 is 6.18 Å². The molecule has 2 aliphatic heterocycles. The van der Waals surface area contributed by atoms with Crippen LogP contribution in [0.2, 0.25) is 0 Å². The van der Waals surface area contributed by atoms with Crippen LogP contribution >= 0.6 is 11.3 Å². The average Bonchev–Trinajstić information content (AvgIpc) is 3.23. The van der Waals surface area contributed by atoms with E-state index >= 15 is 4.39 Å². The van der Waals surface area contributed by atoms with E-state index in [4.69, 9.17) is 5.73 Å². The van der Waals surface area contributed by atoms with Crippen LogP contribution in [-0.4, -0.2) is 65.3 Å². The summed E-state index contributed by atoms with van der Waals surface area (Å²) in [6.07, 6.45) is -1.18. The first-order valence-corrected chi connectivity index (χ1v) is 14.8. The fraction of sp³-hybridized carbons (Fsp3) is 0.448. The fourth-order valence-corrected chi connectivity index (χ4v) is 6.42. The van der Waals surface area contributed by atoms with E-state index in [1.807, 2.05) is 31.9 Å².